The van der Waals surface area contributed by atoms with E-state index in [0.717, 1.165) is 22.6 Å². The number of anilines is 1. The molecule has 1 aliphatic rings. The monoisotopic (exact) mass is 343 g/mol. The van der Waals surface area contributed by atoms with Crippen molar-refractivity contribution in [1.29, 1.82) is 0 Å². The summed E-state index contributed by atoms with van der Waals surface area (Å²) in [6.45, 7) is 0.869. The molecule has 0 atom stereocenters. The molecule has 1 N–H and O–H groups in total. The van der Waals surface area contributed by atoms with Gasteiger partial charge in [-0.25, -0.2) is 0 Å². The molecule has 0 spiro atoms. The summed E-state index contributed by atoms with van der Waals surface area (Å²) in [6.07, 6.45) is 6.96. The maximum Gasteiger partial charge on any atom is 0.0487 e. The zero-order valence-corrected chi connectivity index (χ0v) is 13.9. The van der Waals surface area contributed by atoms with Crippen molar-refractivity contribution in [3.8, 4) is 0 Å². The van der Waals surface area contributed by atoms with Crippen molar-refractivity contribution in [2.45, 2.75) is 44.6 Å². The molecule has 110 valence electrons. The summed E-state index contributed by atoms with van der Waals surface area (Å²) < 4.78 is 1.11. The minimum absolute atomic E-state index is 0.795. The first-order chi connectivity index (χ1) is 10.3. The number of hydrogen-bond acceptors (Lipinski definition) is 1. The van der Waals surface area contributed by atoms with E-state index in [9.17, 15) is 0 Å². The van der Waals surface area contributed by atoms with Gasteiger partial charge in [0, 0.05) is 16.7 Å². The smallest absolute Gasteiger partial charge is 0.0487 e. The van der Waals surface area contributed by atoms with Crippen molar-refractivity contribution in [2.24, 2.45) is 0 Å². The summed E-state index contributed by atoms with van der Waals surface area (Å²) in [5.41, 5.74) is 4.01. The Balaban J connectivity index is 1.60. The summed E-state index contributed by atoms with van der Waals surface area (Å²) >= 11 is 3.57. The Kier molecular flexibility index (Phi) is 4.97. The molecule has 0 bridgehead atoms. The lowest BCUT2D eigenvalue weighted by atomic mass is 9.84. The quantitative estimate of drug-likeness (QED) is 0.706. The minimum atomic E-state index is 0.795. The molecule has 1 fully saturated rings. The van der Waals surface area contributed by atoms with E-state index in [1.54, 1.807) is 0 Å². The van der Waals surface area contributed by atoms with Crippen molar-refractivity contribution >= 4 is 21.6 Å². The molecule has 3 rings (SSSR count). The first-order valence-electron chi connectivity index (χ1n) is 7.90. The van der Waals surface area contributed by atoms with Crippen LogP contribution in [0.3, 0.4) is 0 Å². The molecule has 1 saturated carbocycles. The molecule has 0 aromatic heterocycles. The molecule has 0 unspecified atom stereocenters. The van der Waals surface area contributed by atoms with Gasteiger partial charge in [-0.1, -0.05) is 55.7 Å². The maximum atomic E-state index is 3.57. The highest BCUT2D eigenvalue weighted by atomic mass is 79.9. The van der Waals surface area contributed by atoms with Gasteiger partial charge < -0.3 is 5.32 Å². The SMILES string of the molecule is Brc1ccccc1NCc1ccc(C2CCCCC2)cc1. The molecule has 1 aliphatic carbocycles. The highest BCUT2D eigenvalue weighted by Crippen LogP contribution is 2.32. The zero-order valence-electron chi connectivity index (χ0n) is 12.3. The van der Waals surface area contributed by atoms with Gasteiger partial charge in [-0.2, -0.15) is 0 Å². The number of benzene rings is 2. The first kappa shape index (κ1) is 14.6. The lowest BCUT2D eigenvalue weighted by Gasteiger charge is -2.22. The summed E-state index contributed by atoms with van der Waals surface area (Å²) in [6, 6.07) is 17.4. The van der Waals surface area contributed by atoms with E-state index in [4.69, 9.17) is 0 Å². The van der Waals surface area contributed by atoms with Crippen LogP contribution in [0.2, 0.25) is 0 Å². The minimum Gasteiger partial charge on any atom is -0.380 e. The Morgan fingerprint density at radius 3 is 2.33 bits per heavy atom. The normalized spacial score (nSPS) is 15.9. The standard InChI is InChI=1S/C19H22BrN/c20-18-8-4-5-9-19(18)21-14-15-10-12-17(13-11-15)16-6-2-1-3-7-16/h4-5,8-13,16,21H,1-3,6-7,14H2. The van der Waals surface area contributed by atoms with E-state index in [-0.39, 0.29) is 0 Å². The van der Waals surface area contributed by atoms with Gasteiger partial charge in [0.15, 0.2) is 0 Å². The highest BCUT2D eigenvalue weighted by molar-refractivity contribution is 9.10. The molecule has 0 radical (unpaired) electrons. The fraction of sp³-hybridized carbons (Fsp3) is 0.368. The Morgan fingerprint density at radius 1 is 0.905 bits per heavy atom. The van der Waals surface area contributed by atoms with Crippen LogP contribution >= 0.6 is 15.9 Å². The predicted octanol–water partition coefficient (Wildman–Crippen LogP) is 6.11. The summed E-state index contributed by atoms with van der Waals surface area (Å²) in [7, 11) is 0. The van der Waals surface area contributed by atoms with Gasteiger partial charge in [0.25, 0.3) is 0 Å². The summed E-state index contributed by atoms with van der Waals surface area (Å²) in [4.78, 5) is 0. The van der Waals surface area contributed by atoms with Gasteiger partial charge in [-0.05, 0) is 57.9 Å². The van der Waals surface area contributed by atoms with E-state index >= 15 is 0 Å². The molecule has 1 nitrogen and oxygen atoms in total. The first-order valence-corrected chi connectivity index (χ1v) is 8.69. The van der Waals surface area contributed by atoms with Gasteiger partial charge in [-0.3, -0.25) is 0 Å². The van der Waals surface area contributed by atoms with E-state index < -0.39 is 0 Å². The molecule has 0 saturated heterocycles. The van der Waals surface area contributed by atoms with Crippen molar-refractivity contribution in [3.05, 3.63) is 64.1 Å². The van der Waals surface area contributed by atoms with Gasteiger partial charge in [-0.15, -0.1) is 0 Å². The van der Waals surface area contributed by atoms with Crippen LogP contribution in [-0.2, 0) is 6.54 Å². The van der Waals surface area contributed by atoms with Crippen LogP contribution in [0.4, 0.5) is 5.69 Å². The highest BCUT2D eigenvalue weighted by Gasteiger charge is 2.14. The van der Waals surface area contributed by atoms with Crippen LogP contribution in [0.25, 0.3) is 0 Å². The largest absolute Gasteiger partial charge is 0.380 e. The fourth-order valence-electron chi connectivity index (χ4n) is 3.15. The number of hydrogen-bond donors (Lipinski definition) is 1. The topological polar surface area (TPSA) is 12.0 Å². The third-order valence-corrected chi connectivity index (χ3v) is 5.10. The van der Waals surface area contributed by atoms with E-state index in [1.807, 2.05) is 6.07 Å². The molecule has 0 heterocycles. The Labute approximate surface area is 135 Å². The van der Waals surface area contributed by atoms with Crippen LogP contribution < -0.4 is 5.32 Å². The molecule has 2 heteroatoms. The van der Waals surface area contributed by atoms with E-state index in [2.05, 4.69) is 63.7 Å². The Bertz CT molecular complexity index is 570. The lowest BCUT2D eigenvalue weighted by Crippen LogP contribution is -2.05. The van der Waals surface area contributed by atoms with Crippen LogP contribution in [-0.4, -0.2) is 0 Å². The summed E-state index contributed by atoms with van der Waals surface area (Å²) in [5.74, 6) is 0.795. The third kappa shape index (κ3) is 3.88. The van der Waals surface area contributed by atoms with Crippen LogP contribution in [0, 0.1) is 0 Å². The molecule has 2 aromatic carbocycles. The summed E-state index contributed by atoms with van der Waals surface area (Å²) in [5, 5.41) is 3.48. The molecule has 0 aliphatic heterocycles. The van der Waals surface area contributed by atoms with Crippen LogP contribution in [0.5, 0.6) is 0 Å². The number of para-hydroxylation sites is 1. The number of halogens is 1. The van der Waals surface area contributed by atoms with Crippen LogP contribution in [0.1, 0.15) is 49.1 Å². The Morgan fingerprint density at radius 2 is 1.62 bits per heavy atom. The van der Waals surface area contributed by atoms with Gasteiger partial charge >= 0.3 is 0 Å². The van der Waals surface area contributed by atoms with Crippen LogP contribution in [0.15, 0.2) is 53.0 Å². The Hall–Kier alpha value is -1.28. The average molecular weight is 344 g/mol. The van der Waals surface area contributed by atoms with Crippen molar-refractivity contribution in [3.63, 3.8) is 0 Å². The second kappa shape index (κ2) is 7.13. The number of nitrogens with one attached hydrogen (secondary N) is 1. The predicted molar refractivity (Wildman–Crippen MR) is 93.7 cm³/mol. The fourth-order valence-corrected chi connectivity index (χ4v) is 3.57. The van der Waals surface area contributed by atoms with Gasteiger partial charge in [0.2, 0.25) is 0 Å². The second-order valence-electron chi connectivity index (χ2n) is 5.91. The zero-order chi connectivity index (χ0) is 14.5. The van der Waals surface area contributed by atoms with E-state index in [0.29, 0.717) is 0 Å². The average Bonchev–Trinajstić information content (AvgIpc) is 2.55. The lowest BCUT2D eigenvalue weighted by molar-refractivity contribution is 0.443. The van der Waals surface area contributed by atoms with Crippen molar-refractivity contribution in [1.82, 2.24) is 0 Å². The van der Waals surface area contributed by atoms with Gasteiger partial charge in [0.1, 0.15) is 0 Å². The third-order valence-electron chi connectivity index (χ3n) is 4.41. The molecule has 2 aromatic rings. The molecule has 21 heavy (non-hydrogen) atoms. The maximum absolute atomic E-state index is 3.57. The second-order valence-corrected chi connectivity index (χ2v) is 6.76. The van der Waals surface area contributed by atoms with Gasteiger partial charge in [0.05, 0.1) is 0 Å². The van der Waals surface area contributed by atoms with Crippen molar-refractivity contribution in [2.75, 3.05) is 5.32 Å². The molecular formula is C19H22BrN. The number of rotatable bonds is 4. The molecule has 0 amide bonds. The molecular weight excluding hydrogens is 322 g/mol. The van der Waals surface area contributed by atoms with E-state index in [1.165, 1.54) is 43.2 Å². The van der Waals surface area contributed by atoms with Crippen molar-refractivity contribution < 1.29 is 0 Å².